The molecule has 8 nitrogen and oxygen atoms in total. The van der Waals surface area contributed by atoms with Crippen LogP contribution >= 0.6 is 11.8 Å². The minimum atomic E-state index is -0.500. The topological polar surface area (TPSA) is 108 Å². The molecular formula is C22H22N6O2S. The maximum Gasteiger partial charge on any atom is 0.255 e. The van der Waals surface area contributed by atoms with Gasteiger partial charge in [-0.3, -0.25) is 4.79 Å². The van der Waals surface area contributed by atoms with E-state index in [1.807, 2.05) is 60.7 Å². The summed E-state index contributed by atoms with van der Waals surface area (Å²) in [6.45, 7) is 1.19. The standard InChI is InChI=1S/C22H22N6O2S/c23-21(29)15-30-20-11-10-16-6-4-5-9-18(16)19(20)14-24-12-13-31-22-25-26-27-28(22)17-7-2-1-3-8-17/h1-11,24H,12-15H2,(H2,23,29). The number of primary amides is 1. The molecule has 0 fully saturated rings. The molecule has 0 spiro atoms. The minimum Gasteiger partial charge on any atom is -0.483 e. The fourth-order valence-corrected chi connectivity index (χ4v) is 4.00. The van der Waals surface area contributed by atoms with Gasteiger partial charge >= 0.3 is 0 Å². The van der Waals surface area contributed by atoms with Crippen molar-refractivity contribution >= 4 is 28.4 Å². The molecule has 0 unspecified atom stereocenters. The van der Waals surface area contributed by atoms with Gasteiger partial charge in [0.15, 0.2) is 6.61 Å². The van der Waals surface area contributed by atoms with E-state index in [0.717, 1.165) is 39.5 Å². The lowest BCUT2D eigenvalue weighted by Gasteiger charge is -2.14. The second-order valence-corrected chi connectivity index (χ2v) is 7.81. The van der Waals surface area contributed by atoms with Crippen LogP contribution in [0.2, 0.25) is 0 Å². The van der Waals surface area contributed by atoms with Crippen molar-refractivity contribution in [3.05, 3.63) is 72.3 Å². The molecule has 31 heavy (non-hydrogen) atoms. The summed E-state index contributed by atoms with van der Waals surface area (Å²) in [5.74, 6) is 0.945. The number of carbonyl (C=O) groups excluding carboxylic acids is 1. The van der Waals surface area contributed by atoms with Crippen LogP contribution in [-0.2, 0) is 11.3 Å². The number of benzene rings is 3. The van der Waals surface area contributed by atoms with Crippen molar-refractivity contribution in [1.29, 1.82) is 0 Å². The van der Waals surface area contributed by atoms with Crippen molar-refractivity contribution in [3.63, 3.8) is 0 Å². The van der Waals surface area contributed by atoms with E-state index in [2.05, 4.69) is 26.9 Å². The third-order valence-electron chi connectivity index (χ3n) is 4.62. The van der Waals surface area contributed by atoms with Crippen LogP contribution in [-0.4, -0.2) is 45.0 Å². The highest BCUT2D eigenvalue weighted by Gasteiger charge is 2.11. The molecule has 158 valence electrons. The minimum absolute atomic E-state index is 0.149. The number of aromatic nitrogens is 4. The zero-order valence-corrected chi connectivity index (χ0v) is 17.6. The Morgan fingerprint density at radius 1 is 1.06 bits per heavy atom. The summed E-state index contributed by atoms with van der Waals surface area (Å²) in [5, 5.41) is 18.4. The molecule has 9 heteroatoms. The molecule has 1 heterocycles. The lowest BCUT2D eigenvalue weighted by molar-refractivity contribution is -0.119. The smallest absolute Gasteiger partial charge is 0.255 e. The van der Waals surface area contributed by atoms with Crippen LogP contribution in [0.25, 0.3) is 16.5 Å². The number of carbonyl (C=O) groups is 1. The van der Waals surface area contributed by atoms with E-state index in [9.17, 15) is 4.79 Å². The maximum absolute atomic E-state index is 11.1. The quantitative estimate of drug-likeness (QED) is 0.292. The predicted octanol–water partition coefficient (Wildman–Crippen LogP) is 2.56. The highest BCUT2D eigenvalue weighted by Crippen LogP contribution is 2.28. The Morgan fingerprint density at radius 2 is 1.87 bits per heavy atom. The van der Waals surface area contributed by atoms with Gasteiger partial charge in [-0.05, 0) is 39.4 Å². The molecule has 4 rings (SSSR count). The average molecular weight is 435 g/mol. The Bertz CT molecular complexity index is 1170. The molecule has 0 aliphatic rings. The molecule has 1 amide bonds. The zero-order valence-electron chi connectivity index (χ0n) is 16.8. The Labute approximate surface area is 183 Å². The summed E-state index contributed by atoms with van der Waals surface area (Å²) < 4.78 is 7.37. The Hall–Kier alpha value is -3.43. The van der Waals surface area contributed by atoms with E-state index < -0.39 is 5.91 Å². The van der Waals surface area contributed by atoms with Gasteiger partial charge in [-0.2, -0.15) is 4.68 Å². The van der Waals surface area contributed by atoms with Gasteiger partial charge in [0.25, 0.3) is 5.91 Å². The number of ether oxygens (including phenoxy) is 1. The first kappa shape index (κ1) is 20.8. The van der Waals surface area contributed by atoms with E-state index in [-0.39, 0.29) is 6.61 Å². The largest absolute Gasteiger partial charge is 0.483 e. The number of hydrogen-bond donors (Lipinski definition) is 2. The van der Waals surface area contributed by atoms with Crippen molar-refractivity contribution < 1.29 is 9.53 Å². The monoisotopic (exact) mass is 434 g/mol. The molecule has 0 aliphatic heterocycles. The number of thioether (sulfide) groups is 1. The number of nitrogens with one attached hydrogen (secondary N) is 1. The van der Waals surface area contributed by atoms with Gasteiger partial charge in [-0.15, -0.1) is 5.10 Å². The van der Waals surface area contributed by atoms with Crippen molar-refractivity contribution in [3.8, 4) is 11.4 Å². The second kappa shape index (κ2) is 10.1. The highest BCUT2D eigenvalue weighted by molar-refractivity contribution is 7.99. The molecule has 4 aromatic rings. The number of tetrazole rings is 1. The zero-order chi connectivity index (χ0) is 21.5. The number of hydrogen-bond acceptors (Lipinski definition) is 7. The first-order valence-corrected chi connectivity index (χ1v) is 10.8. The van der Waals surface area contributed by atoms with Gasteiger partial charge in [0.1, 0.15) is 5.75 Å². The lowest BCUT2D eigenvalue weighted by Crippen LogP contribution is -2.22. The SMILES string of the molecule is NC(=O)COc1ccc2ccccc2c1CNCCSc1nnnn1-c1ccccc1. The third kappa shape index (κ3) is 5.19. The summed E-state index contributed by atoms with van der Waals surface area (Å²) in [4.78, 5) is 11.1. The van der Waals surface area contributed by atoms with Crippen molar-refractivity contribution in [2.24, 2.45) is 5.73 Å². The van der Waals surface area contributed by atoms with Crippen LogP contribution in [0.4, 0.5) is 0 Å². The van der Waals surface area contributed by atoms with Crippen LogP contribution in [0, 0.1) is 0 Å². The van der Waals surface area contributed by atoms with Gasteiger partial charge in [0.05, 0.1) is 5.69 Å². The van der Waals surface area contributed by atoms with Crippen LogP contribution in [0.3, 0.4) is 0 Å². The van der Waals surface area contributed by atoms with Crippen LogP contribution < -0.4 is 15.8 Å². The van der Waals surface area contributed by atoms with Gasteiger partial charge in [0, 0.05) is 24.4 Å². The van der Waals surface area contributed by atoms with Crippen LogP contribution in [0.1, 0.15) is 5.56 Å². The van der Waals surface area contributed by atoms with E-state index in [4.69, 9.17) is 10.5 Å². The van der Waals surface area contributed by atoms with Crippen LogP contribution in [0.15, 0.2) is 71.9 Å². The summed E-state index contributed by atoms with van der Waals surface area (Å²) in [6.07, 6.45) is 0. The number of nitrogens with two attached hydrogens (primary N) is 1. The number of para-hydroxylation sites is 1. The molecule has 0 atom stereocenters. The number of fused-ring (bicyclic) bond motifs is 1. The highest BCUT2D eigenvalue weighted by atomic mass is 32.2. The lowest BCUT2D eigenvalue weighted by atomic mass is 10.0. The van der Waals surface area contributed by atoms with Gasteiger partial charge in [-0.25, -0.2) is 0 Å². The molecule has 0 bridgehead atoms. The normalized spacial score (nSPS) is 11.0. The average Bonchev–Trinajstić information content (AvgIpc) is 3.27. The van der Waals surface area contributed by atoms with Crippen molar-refractivity contribution in [2.45, 2.75) is 11.7 Å². The van der Waals surface area contributed by atoms with E-state index in [0.29, 0.717) is 12.3 Å². The Morgan fingerprint density at radius 3 is 2.71 bits per heavy atom. The van der Waals surface area contributed by atoms with E-state index >= 15 is 0 Å². The summed E-state index contributed by atoms with van der Waals surface area (Å²) in [7, 11) is 0. The molecule has 1 aromatic heterocycles. The maximum atomic E-state index is 11.1. The summed E-state index contributed by atoms with van der Waals surface area (Å²) in [5.41, 5.74) is 7.17. The molecule has 0 radical (unpaired) electrons. The Balaban J connectivity index is 1.38. The predicted molar refractivity (Wildman–Crippen MR) is 120 cm³/mol. The first-order chi connectivity index (χ1) is 15.2. The van der Waals surface area contributed by atoms with Gasteiger partial charge in [0.2, 0.25) is 5.16 Å². The third-order valence-corrected chi connectivity index (χ3v) is 5.54. The summed E-state index contributed by atoms with van der Waals surface area (Å²) in [6, 6.07) is 21.7. The van der Waals surface area contributed by atoms with E-state index in [1.54, 1.807) is 16.4 Å². The Kier molecular flexibility index (Phi) is 6.75. The summed E-state index contributed by atoms with van der Waals surface area (Å²) >= 11 is 1.58. The molecule has 0 saturated carbocycles. The number of amides is 1. The van der Waals surface area contributed by atoms with Gasteiger partial charge in [-0.1, -0.05) is 60.3 Å². The second-order valence-electron chi connectivity index (χ2n) is 6.75. The number of nitrogens with zero attached hydrogens (tertiary/aromatic N) is 4. The van der Waals surface area contributed by atoms with E-state index in [1.165, 1.54) is 0 Å². The van der Waals surface area contributed by atoms with Crippen molar-refractivity contribution in [2.75, 3.05) is 18.9 Å². The molecular weight excluding hydrogens is 412 g/mol. The first-order valence-electron chi connectivity index (χ1n) is 9.81. The fraction of sp³-hybridized carbons (Fsp3) is 0.182. The molecule has 0 saturated heterocycles. The fourth-order valence-electron chi connectivity index (χ4n) is 3.21. The number of rotatable bonds is 10. The molecule has 0 aliphatic carbocycles. The van der Waals surface area contributed by atoms with Gasteiger partial charge < -0.3 is 15.8 Å². The molecule has 3 aromatic carbocycles. The van der Waals surface area contributed by atoms with Crippen LogP contribution in [0.5, 0.6) is 5.75 Å². The molecule has 3 N–H and O–H groups in total. The van der Waals surface area contributed by atoms with Crippen molar-refractivity contribution in [1.82, 2.24) is 25.5 Å².